The van der Waals surface area contributed by atoms with Crippen LogP contribution in [0.3, 0.4) is 0 Å². The zero-order chi connectivity index (χ0) is 16.5. The van der Waals surface area contributed by atoms with E-state index in [-0.39, 0.29) is 5.92 Å². The van der Waals surface area contributed by atoms with E-state index >= 15 is 0 Å². The summed E-state index contributed by atoms with van der Waals surface area (Å²) in [6.45, 7) is 11.3. The van der Waals surface area contributed by atoms with Gasteiger partial charge in [0.15, 0.2) is 0 Å². The lowest BCUT2D eigenvalue weighted by Crippen LogP contribution is -2.33. The first-order valence-corrected chi connectivity index (χ1v) is 8.22. The van der Waals surface area contributed by atoms with Crippen molar-refractivity contribution in [1.82, 2.24) is 4.98 Å². The first kappa shape index (κ1) is 18.3. The van der Waals surface area contributed by atoms with Crippen LogP contribution in [0.15, 0.2) is 18.3 Å². The van der Waals surface area contributed by atoms with Gasteiger partial charge in [-0.15, -0.1) is 0 Å². The molecule has 124 valence electrons. The molecular formula is C17H29N3O2. The predicted molar refractivity (Wildman–Crippen MR) is 91.7 cm³/mol. The lowest BCUT2D eigenvalue weighted by molar-refractivity contribution is -0.140. The van der Waals surface area contributed by atoms with Crippen LogP contribution in [0.25, 0.3) is 0 Å². The highest BCUT2D eigenvalue weighted by Gasteiger charge is 2.17. The van der Waals surface area contributed by atoms with Gasteiger partial charge in [-0.1, -0.05) is 20.3 Å². The molecule has 1 atom stereocenters. The molecule has 0 amide bonds. The summed E-state index contributed by atoms with van der Waals surface area (Å²) in [4.78, 5) is 20.0. The molecule has 0 saturated carbocycles. The number of carboxylic acid groups (broad SMARTS) is 1. The average Bonchev–Trinajstić information content (AvgIpc) is 2.53. The highest BCUT2D eigenvalue weighted by Crippen LogP contribution is 2.19. The first-order chi connectivity index (χ1) is 10.5. The third-order valence-electron chi connectivity index (χ3n) is 3.88. The number of nitrogens with zero attached hydrogens (tertiary/aromatic N) is 3. The van der Waals surface area contributed by atoms with E-state index in [1.807, 2.05) is 18.3 Å². The Bertz CT molecular complexity index is 444. The zero-order valence-electron chi connectivity index (χ0n) is 14.2. The van der Waals surface area contributed by atoms with Crippen LogP contribution >= 0.6 is 0 Å². The maximum absolute atomic E-state index is 11.1. The minimum absolute atomic E-state index is 0.390. The number of rotatable bonds is 10. The molecule has 1 rings (SSSR count). The third kappa shape index (κ3) is 5.20. The third-order valence-corrected chi connectivity index (χ3v) is 3.88. The number of anilines is 2. The molecular weight excluding hydrogens is 278 g/mol. The molecule has 1 heterocycles. The number of hydrogen-bond donors (Lipinski definition) is 1. The van der Waals surface area contributed by atoms with E-state index in [2.05, 4.69) is 35.6 Å². The van der Waals surface area contributed by atoms with Gasteiger partial charge in [-0.25, -0.2) is 4.98 Å². The maximum atomic E-state index is 11.1. The second-order valence-electron chi connectivity index (χ2n) is 5.59. The van der Waals surface area contributed by atoms with E-state index < -0.39 is 5.97 Å². The topological polar surface area (TPSA) is 56.7 Å². The summed E-state index contributed by atoms with van der Waals surface area (Å²) in [5, 5.41) is 9.13. The van der Waals surface area contributed by atoms with Gasteiger partial charge in [-0.05, 0) is 32.4 Å². The number of aliphatic carboxylic acids is 1. The molecule has 0 fully saturated rings. The number of carboxylic acids is 1. The molecule has 0 aromatic carbocycles. The van der Waals surface area contributed by atoms with Gasteiger partial charge in [0.05, 0.1) is 17.8 Å². The second kappa shape index (κ2) is 9.28. The molecule has 0 aliphatic heterocycles. The Balaban J connectivity index is 2.87. The van der Waals surface area contributed by atoms with Gasteiger partial charge in [-0.3, -0.25) is 4.79 Å². The van der Waals surface area contributed by atoms with Gasteiger partial charge in [0.1, 0.15) is 5.82 Å². The van der Waals surface area contributed by atoms with Crippen LogP contribution in [0, 0.1) is 5.92 Å². The van der Waals surface area contributed by atoms with Crippen molar-refractivity contribution in [2.24, 2.45) is 5.92 Å². The maximum Gasteiger partial charge on any atom is 0.308 e. The molecule has 0 radical (unpaired) electrons. The van der Waals surface area contributed by atoms with Gasteiger partial charge in [0.2, 0.25) is 0 Å². The number of hydrogen-bond acceptors (Lipinski definition) is 4. The monoisotopic (exact) mass is 307 g/mol. The van der Waals surface area contributed by atoms with Crippen LogP contribution < -0.4 is 9.80 Å². The van der Waals surface area contributed by atoms with Crippen LogP contribution in [-0.2, 0) is 4.79 Å². The minimum atomic E-state index is -0.755. The van der Waals surface area contributed by atoms with E-state index in [4.69, 9.17) is 5.11 Å². The van der Waals surface area contributed by atoms with E-state index in [1.165, 1.54) is 0 Å². The number of aromatic nitrogens is 1. The van der Waals surface area contributed by atoms with E-state index in [0.717, 1.165) is 44.0 Å². The first-order valence-electron chi connectivity index (χ1n) is 8.22. The quantitative estimate of drug-likeness (QED) is 0.719. The van der Waals surface area contributed by atoms with Crippen LogP contribution in [0.2, 0.25) is 0 Å². The lowest BCUT2D eigenvalue weighted by atomic mass is 10.1. The Hall–Kier alpha value is -1.78. The Morgan fingerprint density at radius 1 is 1.23 bits per heavy atom. The van der Waals surface area contributed by atoms with Crippen LogP contribution in [0.4, 0.5) is 11.5 Å². The van der Waals surface area contributed by atoms with Crippen molar-refractivity contribution in [3.8, 4) is 0 Å². The van der Waals surface area contributed by atoms with Crippen molar-refractivity contribution in [3.05, 3.63) is 18.3 Å². The number of pyridine rings is 1. The SMILES string of the molecule is CCCCN(CC(C)C(=O)O)c1ccc(N(CC)CC)nc1. The van der Waals surface area contributed by atoms with Crippen LogP contribution in [0.5, 0.6) is 0 Å². The molecule has 0 spiro atoms. The van der Waals surface area contributed by atoms with Crippen LogP contribution in [-0.4, -0.2) is 42.2 Å². The smallest absolute Gasteiger partial charge is 0.308 e. The fourth-order valence-electron chi connectivity index (χ4n) is 2.38. The summed E-state index contributed by atoms with van der Waals surface area (Å²) in [7, 11) is 0. The van der Waals surface area contributed by atoms with Crippen LogP contribution in [0.1, 0.15) is 40.5 Å². The summed E-state index contributed by atoms with van der Waals surface area (Å²) in [6, 6.07) is 4.07. The Morgan fingerprint density at radius 3 is 2.36 bits per heavy atom. The normalized spacial score (nSPS) is 12.0. The molecule has 0 aliphatic rings. The molecule has 1 unspecified atom stereocenters. The fourth-order valence-corrected chi connectivity index (χ4v) is 2.38. The Labute approximate surface area is 134 Å². The van der Waals surface area contributed by atoms with Crippen molar-refractivity contribution < 1.29 is 9.90 Å². The molecule has 1 aromatic rings. The highest BCUT2D eigenvalue weighted by molar-refractivity contribution is 5.70. The summed E-state index contributed by atoms with van der Waals surface area (Å²) in [6.07, 6.45) is 3.99. The Morgan fingerprint density at radius 2 is 1.91 bits per heavy atom. The molecule has 5 nitrogen and oxygen atoms in total. The van der Waals surface area contributed by atoms with Crippen molar-refractivity contribution in [2.45, 2.75) is 40.5 Å². The standard InChI is InChI=1S/C17H29N3O2/c1-5-8-11-20(13-14(4)17(21)22)15-9-10-16(18-12-15)19(6-2)7-3/h9-10,12,14H,5-8,11,13H2,1-4H3,(H,21,22). The number of carbonyl (C=O) groups is 1. The van der Waals surface area contributed by atoms with E-state index in [1.54, 1.807) is 6.92 Å². The molecule has 22 heavy (non-hydrogen) atoms. The van der Waals surface area contributed by atoms with Gasteiger partial charge in [0.25, 0.3) is 0 Å². The highest BCUT2D eigenvalue weighted by atomic mass is 16.4. The van der Waals surface area contributed by atoms with Gasteiger partial charge in [0, 0.05) is 26.2 Å². The van der Waals surface area contributed by atoms with Gasteiger partial charge in [-0.2, -0.15) is 0 Å². The summed E-state index contributed by atoms with van der Waals surface area (Å²) < 4.78 is 0. The van der Waals surface area contributed by atoms with Crippen molar-refractivity contribution >= 4 is 17.5 Å². The summed E-state index contributed by atoms with van der Waals surface area (Å²) in [5.74, 6) is -0.177. The zero-order valence-corrected chi connectivity index (χ0v) is 14.2. The molecule has 0 aliphatic carbocycles. The number of unbranched alkanes of at least 4 members (excludes halogenated alkanes) is 1. The molecule has 0 bridgehead atoms. The predicted octanol–water partition coefficient (Wildman–Crippen LogP) is 3.26. The van der Waals surface area contributed by atoms with Crippen molar-refractivity contribution in [3.63, 3.8) is 0 Å². The van der Waals surface area contributed by atoms with Gasteiger partial charge >= 0.3 is 5.97 Å². The van der Waals surface area contributed by atoms with Crippen molar-refractivity contribution in [2.75, 3.05) is 36.0 Å². The molecule has 1 aromatic heterocycles. The Kier molecular flexibility index (Phi) is 7.71. The molecule has 5 heteroatoms. The van der Waals surface area contributed by atoms with Gasteiger partial charge < -0.3 is 14.9 Å². The summed E-state index contributed by atoms with van der Waals surface area (Å²) in [5.41, 5.74) is 0.998. The average molecular weight is 307 g/mol. The van der Waals surface area contributed by atoms with E-state index in [0.29, 0.717) is 6.54 Å². The fraction of sp³-hybridized carbons (Fsp3) is 0.647. The van der Waals surface area contributed by atoms with E-state index in [9.17, 15) is 4.79 Å². The van der Waals surface area contributed by atoms with Crippen molar-refractivity contribution in [1.29, 1.82) is 0 Å². The largest absolute Gasteiger partial charge is 0.481 e. The second-order valence-corrected chi connectivity index (χ2v) is 5.59. The molecule has 1 N–H and O–H groups in total. The molecule has 0 saturated heterocycles. The summed E-state index contributed by atoms with van der Waals surface area (Å²) >= 11 is 0. The minimum Gasteiger partial charge on any atom is -0.481 e. The lowest BCUT2D eigenvalue weighted by Gasteiger charge is -2.27.